The smallest absolute Gasteiger partial charge is 0.316 e. The van der Waals surface area contributed by atoms with E-state index in [0.717, 1.165) is 18.4 Å². The Hall–Kier alpha value is -1.09. The van der Waals surface area contributed by atoms with Crippen LogP contribution in [0.25, 0.3) is 0 Å². The lowest BCUT2D eigenvalue weighted by Crippen LogP contribution is -2.21. The second-order valence-electron chi connectivity index (χ2n) is 3.44. The zero-order valence-electron chi connectivity index (χ0n) is 7.79. The number of carbonyl (C=O) groups excluding carboxylic acids is 1. The lowest BCUT2D eigenvalue weighted by atomic mass is 9.97. The molecule has 1 aromatic rings. The summed E-state index contributed by atoms with van der Waals surface area (Å²) in [5, 5.41) is 0.415. The molecule has 1 aliphatic carbocycles. The fourth-order valence-corrected chi connectivity index (χ4v) is 1.81. The molecule has 0 N–H and O–H groups in total. The maximum atomic E-state index is 11.5. The van der Waals surface area contributed by atoms with Gasteiger partial charge in [0.2, 0.25) is 0 Å². The standard InChI is InChI=1S/C10H10ClNO2/c1-14-9(13)10(3-4-10)7-2-5-12-8(11)6-7/h2,5-6H,3-4H2,1H3. The van der Waals surface area contributed by atoms with Crippen molar-refractivity contribution in [2.45, 2.75) is 18.3 Å². The van der Waals surface area contributed by atoms with Gasteiger partial charge in [-0.3, -0.25) is 4.79 Å². The molecule has 1 fully saturated rings. The summed E-state index contributed by atoms with van der Waals surface area (Å²) in [4.78, 5) is 15.4. The van der Waals surface area contributed by atoms with Gasteiger partial charge in [0, 0.05) is 6.20 Å². The quantitative estimate of drug-likeness (QED) is 0.555. The van der Waals surface area contributed by atoms with Gasteiger partial charge in [0.25, 0.3) is 0 Å². The van der Waals surface area contributed by atoms with Gasteiger partial charge in [-0.1, -0.05) is 11.6 Å². The number of ether oxygens (including phenoxy) is 1. The number of halogens is 1. The van der Waals surface area contributed by atoms with Crippen LogP contribution in [0.4, 0.5) is 0 Å². The highest BCUT2D eigenvalue weighted by Crippen LogP contribution is 2.49. The molecule has 0 bridgehead atoms. The lowest BCUT2D eigenvalue weighted by Gasteiger charge is -2.12. The van der Waals surface area contributed by atoms with Gasteiger partial charge < -0.3 is 4.74 Å². The zero-order chi connectivity index (χ0) is 10.2. The Bertz CT molecular complexity index is 374. The van der Waals surface area contributed by atoms with Gasteiger partial charge in [-0.2, -0.15) is 0 Å². The van der Waals surface area contributed by atoms with Crippen molar-refractivity contribution >= 4 is 17.6 Å². The van der Waals surface area contributed by atoms with Crippen molar-refractivity contribution in [3.8, 4) is 0 Å². The van der Waals surface area contributed by atoms with Crippen molar-refractivity contribution in [3.05, 3.63) is 29.0 Å². The van der Waals surface area contributed by atoms with E-state index in [1.54, 1.807) is 12.3 Å². The lowest BCUT2D eigenvalue weighted by molar-refractivity contribution is -0.143. The molecule has 0 aliphatic heterocycles. The van der Waals surface area contributed by atoms with Crippen LogP contribution in [0.2, 0.25) is 5.15 Å². The summed E-state index contributed by atoms with van der Waals surface area (Å²) in [6.45, 7) is 0. The van der Waals surface area contributed by atoms with Crippen LogP contribution < -0.4 is 0 Å². The van der Waals surface area contributed by atoms with Crippen molar-refractivity contribution in [2.24, 2.45) is 0 Å². The number of rotatable bonds is 2. The van der Waals surface area contributed by atoms with Gasteiger partial charge in [-0.15, -0.1) is 0 Å². The fraction of sp³-hybridized carbons (Fsp3) is 0.400. The molecule has 0 aromatic carbocycles. The summed E-state index contributed by atoms with van der Waals surface area (Å²) >= 11 is 5.76. The second-order valence-corrected chi connectivity index (χ2v) is 3.83. The number of carbonyl (C=O) groups is 1. The van der Waals surface area contributed by atoms with Crippen molar-refractivity contribution in [2.75, 3.05) is 7.11 Å². The van der Waals surface area contributed by atoms with Crippen molar-refractivity contribution in [1.29, 1.82) is 0 Å². The highest BCUT2D eigenvalue weighted by molar-refractivity contribution is 6.29. The normalized spacial score (nSPS) is 17.6. The average molecular weight is 212 g/mol. The Labute approximate surface area is 87.0 Å². The van der Waals surface area contributed by atoms with Crippen LogP contribution in [-0.2, 0) is 14.9 Å². The minimum Gasteiger partial charge on any atom is -0.468 e. The monoisotopic (exact) mass is 211 g/mol. The van der Waals surface area contributed by atoms with Gasteiger partial charge in [-0.25, -0.2) is 4.98 Å². The Morgan fingerprint density at radius 3 is 2.86 bits per heavy atom. The molecular formula is C10H10ClNO2. The molecule has 0 radical (unpaired) electrons. The van der Waals surface area contributed by atoms with Gasteiger partial charge in [0.15, 0.2) is 0 Å². The Morgan fingerprint density at radius 2 is 2.36 bits per heavy atom. The first-order valence-electron chi connectivity index (χ1n) is 4.39. The van der Waals surface area contributed by atoms with Crippen LogP contribution in [0.5, 0.6) is 0 Å². The maximum absolute atomic E-state index is 11.5. The van der Waals surface area contributed by atoms with E-state index in [9.17, 15) is 4.79 Å². The summed E-state index contributed by atoms with van der Waals surface area (Å²) in [6, 6.07) is 3.54. The number of pyridine rings is 1. The molecule has 3 nitrogen and oxygen atoms in total. The molecule has 1 heterocycles. The summed E-state index contributed by atoms with van der Waals surface area (Å²) in [5.74, 6) is -0.181. The molecule has 1 saturated carbocycles. The zero-order valence-corrected chi connectivity index (χ0v) is 8.54. The number of methoxy groups -OCH3 is 1. The third kappa shape index (κ3) is 1.38. The van der Waals surface area contributed by atoms with Crippen LogP contribution in [0.1, 0.15) is 18.4 Å². The van der Waals surface area contributed by atoms with Crippen LogP contribution in [-0.4, -0.2) is 18.1 Å². The fourth-order valence-electron chi connectivity index (χ4n) is 1.63. The van der Waals surface area contributed by atoms with Crippen molar-refractivity contribution < 1.29 is 9.53 Å². The maximum Gasteiger partial charge on any atom is 0.316 e. The van der Waals surface area contributed by atoms with Gasteiger partial charge in [0.05, 0.1) is 12.5 Å². The van der Waals surface area contributed by atoms with E-state index in [-0.39, 0.29) is 5.97 Å². The highest BCUT2D eigenvalue weighted by Gasteiger charge is 2.52. The minimum atomic E-state index is -0.443. The first kappa shape index (κ1) is 9.46. The predicted molar refractivity (Wildman–Crippen MR) is 52.2 cm³/mol. The Kier molecular flexibility index (Phi) is 2.19. The van der Waals surface area contributed by atoms with Gasteiger partial charge in [-0.05, 0) is 30.5 Å². The number of hydrogen-bond donors (Lipinski definition) is 0. The van der Waals surface area contributed by atoms with E-state index in [2.05, 4.69) is 4.98 Å². The van der Waals surface area contributed by atoms with E-state index in [1.807, 2.05) is 6.07 Å². The van der Waals surface area contributed by atoms with Gasteiger partial charge >= 0.3 is 5.97 Å². The average Bonchev–Trinajstić information content (AvgIpc) is 2.97. The SMILES string of the molecule is COC(=O)C1(c2ccnc(Cl)c2)CC1. The number of nitrogens with zero attached hydrogens (tertiary/aromatic N) is 1. The molecule has 4 heteroatoms. The van der Waals surface area contributed by atoms with Crippen molar-refractivity contribution in [3.63, 3.8) is 0 Å². The summed E-state index contributed by atoms with van der Waals surface area (Å²) in [6.07, 6.45) is 3.28. The first-order valence-corrected chi connectivity index (χ1v) is 4.77. The van der Waals surface area contributed by atoms with E-state index < -0.39 is 5.41 Å². The number of hydrogen-bond acceptors (Lipinski definition) is 3. The van der Waals surface area contributed by atoms with Gasteiger partial charge in [0.1, 0.15) is 5.15 Å². The molecule has 74 valence electrons. The Morgan fingerprint density at radius 1 is 1.64 bits per heavy atom. The first-order chi connectivity index (χ1) is 6.69. The summed E-state index contributed by atoms with van der Waals surface area (Å²) < 4.78 is 4.77. The predicted octanol–water partition coefficient (Wildman–Crippen LogP) is 1.94. The summed E-state index contributed by atoms with van der Waals surface area (Å²) in [7, 11) is 1.41. The molecule has 2 rings (SSSR count). The third-order valence-electron chi connectivity index (χ3n) is 2.61. The molecule has 1 aromatic heterocycles. The van der Waals surface area contributed by atoms with E-state index >= 15 is 0 Å². The molecule has 0 unspecified atom stereocenters. The van der Waals surface area contributed by atoms with E-state index in [4.69, 9.17) is 16.3 Å². The molecule has 0 atom stereocenters. The summed E-state index contributed by atoms with van der Waals surface area (Å²) in [5.41, 5.74) is 0.464. The molecule has 14 heavy (non-hydrogen) atoms. The minimum absolute atomic E-state index is 0.181. The number of esters is 1. The Balaban J connectivity index is 2.35. The van der Waals surface area contributed by atoms with Crippen LogP contribution in [0, 0.1) is 0 Å². The molecule has 1 aliphatic rings. The van der Waals surface area contributed by atoms with E-state index in [1.165, 1.54) is 7.11 Å². The van der Waals surface area contributed by atoms with Crippen LogP contribution >= 0.6 is 11.6 Å². The molecule has 0 saturated heterocycles. The van der Waals surface area contributed by atoms with Crippen LogP contribution in [0.3, 0.4) is 0 Å². The molecule has 0 spiro atoms. The van der Waals surface area contributed by atoms with E-state index in [0.29, 0.717) is 5.15 Å². The highest BCUT2D eigenvalue weighted by atomic mass is 35.5. The topological polar surface area (TPSA) is 39.2 Å². The number of aromatic nitrogens is 1. The molecular weight excluding hydrogens is 202 g/mol. The van der Waals surface area contributed by atoms with Crippen molar-refractivity contribution in [1.82, 2.24) is 4.98 Å². The third-order valence-corrected chi connectivity index (χ3v) is 2.81. The van der Waals surface area contributed by atoms with Crippen LogP contribution in [0.15, 0.2) is 18.3 Å². The second kappa shape index (κ2) is 3.24. The molecule has 0 amide bonds. The largest absolute Gasteiger partial charge is 0.468 e.